The van der Waals surface area contributed by atoms with Gasteiger partial charge in [0.25, 0.3) is 0 Å². The fourth-order valence-corrected chi connectivity index (χ4v) is 4.13. The van der Waals surface area contributed by atoms with Gasteiger partial charge in [0.05, 0.1) is 6.54 Å². The smallest absolute Gasteiger partial charge is 0.193 e. The molecule has 1 aliphatic heterocycles. The van der Waals surface area contributed by atoms with Crippen LogP contribution in [0.3, 0.4) is 0 Å². The number of nitrogens with zero attached hydrogens (tertiary/aromatic N) is 4. The van der Waals surface area contributed by atoms with Crippen LogP contribution in [-0.4, -0.2) is 60.1 Å². The van der Waals surface area contributed by atoms with Crippen LogP contribution in [0.15, 0.2) is 21.7 Å². The molecule has 2 heterocycles. The molecule has 0 saturated carbocycles. The van der Waals surface area contributed by atoms with Crippen molar-refractivity contribution < 1.29 is 0 Å². The molecule has 5 nitrogen and oxygen atoms in total. The van der Waals surface area contributed by atoms with Crippen molar-refractivity contribution in [1.82, 2.24) is 19.7 Å². The molecule has 0 aliphatic carbocycles. The summed E-state index contributed by atoms with van der Waals surface area (Å²) in [5, 5.41) is 3.50. The van der Waals surface area contributed by atoms with E-state index in [0.717, 1.165) is 29.6 Å². The summed E-state index contributed by atoms with van der Waals surface area (Å²) in [6.07, 6.45) is 8.66. The van der Waals surface area contributed by atoms with Crippen molar-refractivity contribution >= 4 is 21.9 Å². The molecule has 1 saturated heterocycles. The Morgan fingerprint density at radius 3 is 2.84 bits per heavy atom. The molecule has 1 aliphatic rings. The van der Waals surface area contributed by atoms with Crippen molar-refractivity contribution in [3.8, 4) is 0 Å². The summed E-state index contributed by atoms with van der Waals surface area (Å²) in [7, 11) is 6.02. The Hall–Kier alpha value is -1.01. The summed E-state index contributed by atoms with van der Waals surface area (Å²) in [4.78, 5) is 9.25. The zero-order chi connectivity index (χ0) is 18.2. The molecule has 0 radical (unpaired) electrons. The molecule has 0 spiro atoms. The first-order valence-corrected chi connectivity index (χ1v) is 10.3. The molecule has 142 valence electrons. The van der Waals surface area contributed by atoms with Crippen molar-refractivity contribution in [2.45, 2.75) is 51.6 Å². The van der Waals surface area contributed by atoms with E-state index < -0.39 is 0 Å². The lowest BCUT2D eigenvalue weighted by atomic mass is 10.0. The van der Waals surface area contributed by atoms with E-state index in [9.17, 15) is 0 Å². The first-order valence-electron chi connectivity index (χ1n) is 9.48. The second-order valence-electron chi connectivity index (χ2n) is 7.18. The van der Waals surface area contributed by atoms with Crippen LogP contribution in [0.1, 0.15) is 44.7 Å². The van der Waals surface area contributed by atoms with Gasteiger partial charge in [-0.2, -0.15) is 0 Å². The Labute approximate surface area is 161 Å². The maximum absolute atomic E-state index is 4.42. The van der Waals surface area contributed by atoms with E-state index in [2.05, 4.69) is 73.9 Å². The number of aromatic nitrogens is 1. The molecule has 0 bridgehead atoms. The lowest BCUT2D eigenvalue weighted by Crippen LogP contribution is -2.40. The van der Waals surface area contributed by atoms with Crippen molar-refractivity contribution in [2.75, 3.05) is 33.7 Å². The van der Waals surface area contributed by atoms with Crippen LogP contribution in [0.5, 0.6) is 0 Å². The standard InChI is InChI=1S/C19H34BrN5/c1-16-9-5-7-11-25(16)12-8-6-10-22-19(21-2)24(4)15-18-13-17(20)14-23(18)3/h13-14,16H,5-12,15H2,1-4H3,(H,21,22). The lowest BCUT2D eigenvalue weighted by molar-refractivity contribution is 0.158. The Balaban J connectivity index is 1.68. The number of piperidine rings is 1. The van der Waals surface area contributed by atoms with Crippen molar-refractivity contribution in [2.24, 2.45) is 12.0 Å². The van der Waals surface area contributed by atoms with Gasteiger partial charge in [-0.25, -0.2) is 0 Å². The molecular formula is C19H34BrN5. The third-order valence-electron chi connectivity index (χ3n) is 5.14. The van der Waals surface area contributed by atoms with Crippen LogP contribution in [0, 0.1) is 0 Å². The average Bonchev–Trinajstić information content (AvgIpc) is 2.89. The number of unbranched alkanes of at least 4 members (excludes halogenated alkanes) is 1. The highest BCUT2D eigenvalue weighted by Crippen LogP contribution is 2.17. The second kappa shape index (κ2) is 10.2. The predicted octanol–water partition coefficient (Wildman–Crippen LogP) is 3.45. The molecule has 1 aromatic heterocycles. The van der Waals surface area contributed by atoms with Crippen molar-refractivity contribution in [3.63, 3.8) is 0 Å². The largest absolute Gasteiger partial charge is 0.356 e. The second-order valence-corrected chi connectivity index (χ2v) is 8.09. The quantitative estimate of drug-likeness (QED) is 0.423. The molecule has 1 aromatic rings. The maximum Gasteiger partial charge on any atom is 0.193 e. The molecule has 1 fully saturated rings. The minimum Gasteiger partial charge on any atom is -0.356 e. The molecular weight excluding hydrogens is 378 g/mol. The molecule has 1 N–H and O–H groups in total. The number of likely N-dealkylation sites (tertiary alicyclic amines) is 1. The highest BCUT2D eigenvalue weighted by molar-refractivity contribution is 9.10. The van der Waals surface area contributed by atoms with Crippen LogP contribution in [0.2, 0.25) is 0 Å². The van der Waals surface area contributed by atoms with Crippen LogP contribution in [0.4, 0.5) is 0 Å². The minimum absolute atomic E-state index is 0.769. The summed E-state index contributed by atoms with van der Waals surface area (Å²) < 4.78 is 3.27. The monoisotopic (exact) mass is 411 g/mol. The number of aryl methyl sites for hydroxylation is 1. The molecule has 0 amide bonds. The third kappa shape index (κ3) is 6.33. The van der Waals surface area contributed by atoms with E-state index in [0.29, 0.717) is 0 Å². The predicted molar refractivity (Wildman–Crippen MR) is 110 cm³/mol. The summed E-state index contributed by atoms with van der Waals surface area (Å²) in [6.45, 7) is 6.71. The van der Waals surface area contributed by atoms with Gasteiger partial charge in [-0.1, -0.05) is 6.42 Å². The Morgan fingerprint density at radius 1 is 1.40 bits per heavy atom. The number of hydrogen-bond acceptors (Lipinski definition) is 2. The zero-order valence-corrected chi connectivity index (χ0v) is 17.8. The fourth-order valence-electron chi connectivity index (χ4n) is 3.56. The normalized spacial score (nSPS) is 19.2. The number of aliphatic imine (C=N–C) groups is 1. The molecule has 25 heavy (non-hydrogen) atoms. The van der Waals surface area contributed by atoms with E-state index in [1.807, 2.05) is 7.05 Å². The van der Waals surface area contributed by atoms with Gasteiger partial charge in [0.2, 0.25) is 0 Å². The molecule has 1 unspecified atom stereocenters. The van der Waals surface area contributed by atoms with Crippen molar-refractivity contribution in [1.29, 1.82) is 0 Å². The van der Waals surface area contributed by atoms with Gasteiger partial charge >= 0.3 is 0 Å². The first-order chi connectivity index (χ1) is 12.0. The van der Waals surface area contributed by atoms with Gasteiger partial charge < -0.3 is 19.7 Å². The fraction of sp³-hybridized carbons (Fsp3) is 0.737. The van der Waals surface area contributed by atoms with Crippen LogP contribution >= 0.6 is 15.9 Å². The maximum atomic E-state index is 4.42. The van der Waals surface area contributed by atoms with Crippen LogP contribution < -0.4 is 5.32 Å². The number of halogens is 1. The summed E-state index contributed by atoms with van der Waals surface area (Å²) in [5.74, 6) is 0.962. The van der Waals surface area contributed by atoms with Crippen LogP contribution in [0.25, 0.3) is 0 Å². The van der Waals surface area contributed by atoms with E-state index >= 15 is 0 Å². The van der Waals surface area contributed by atoms with E-state index in [4.69, 9.17) is 0 Å². The summed E-state index contributed by atoms with van der Waals surface area (Å²) >= 11 is 3.53. The number of rotatable bonds is 7. The minimum atomic E-state index is 0.769. The molecule has 2 rings (SSSR count). The van der Waals surface area contributed by atoms with Crippen LogP contribution in [-0.2, 0) is 13.6 Å². The van der Waals surface area contributed by atoms with Gasteiger partial charge in [0, 0.05) is 50.1 Å². The third-order valence-corrected chi connectivity index (χ3v) is 5.58. The molecule has 0 aromatic carbocycles. The number of hydrogen-bond donors (Lipinski definition) is 1. The van der Waals surface area contributed by atoms with E-state index in [1.165, 1.54) is 50.9 Å². The van der Waals surface area contributed by atoms with Gasteiger partial charge in [-0.3, -0.25) is 4.99 Å². The van der Waals surface area contributed by atoms with E-state index in [-0.39, 0.29) is 0 Å². The topological polar surface area (TPSA) is 35.8 Å². The Bertz CT molecular complexity index is 554. The summed E-state index contributed by atoms with van der Waals surface area (Å²) in [5.41, 5.74) is 1.26. The highest BCUT2D eigenvalue weighted by Gasteiger charge is 2.17. The lowest BCUT2D eigenvalue weighted by Gasteiger charge is -2.33. The molecule has 1 atom stereocenters. The van der Waals surface area contributed by atoms with Gasteiger partial charge in [-0.05, 0) is 67.7 Å². The van der Waals surface area contributed by atoms with Gasteiger partial charge in [0.1, 0.15) is 0 Å². The zero-order valence-electron chi connectivity index (χ0n) is 16.3. The summed E-state index contributed by atoms with van der Waals surface area (Å²) in [6, 6.07) is 2.93. The Morgan fingerprint density at radius 2 is 2.20 bits per heavy atom. The average molecular weight is 412 g/mol. The Kier molecular flexibility index (Phi) is 8.30. The number of guanidine groups is 1. The first kappa shape index (κ1) is 20.3. The van der Waals surface area contributed by atoms with Crippen molar-refractivity contribution in [3.05, 3.63) is 22.4 Å². The van der Waals surface area contributed by atoms with Gasteiger partial charge in [-0.15, -0.1) is 0 Å². The number of nitrogens with one attached hydrogen (secondary N) is 1. The van der Waals surface area contributed by atoms with Gasteiger partial charge in [0.15, 0.2) is 5.96 Å². The highest BCUT2D eigenvalue weighted by atomic mass is 79.9. The molecule has 6 heteroatoms. The van der Waals surface area contributed by atoms with E-state index in [1.54, 1.807) is 0 Å². The SMILES string of the molecule is CN=C(NCCCCN1CCCCC1C)N(C)Cc1cc(Br)cn1C.